The largest absolute Gasteiger partial charge is 0.493 e. The van der Waals surface area contributed by atoms with Gasteiger partial charge in [0, 0.05) is 6.07 Å². The molecule has 10 nitrogen and oxygen atoms in total. The molecule has 1 aromatic carbocycles. The topological polar surface area (TPSA) is 128 Å². The Morgan fingerprint density at radius 1 is 1.33 bits per heavy atom. The molecule has 2 aromatic rings. The molecular weight excluding hydrogens is 280 g/mol. The normalized spacial score (nSPS) is 11.8. The van der Waals surface area contributed by atoms with Gasteiger partial charge in [-0.15, -0.1) is 10.2 Å². The van der Waals surface area contributed by atoms with Gasteiger partial charge >= 0.3 is 0 Å². The first kappa shape index (κ1) is 14.5. The van der Waals surface area contributed by atoms with Crippen molar-refractivity contribution in [3.63, 3.8) is 0 Å². The van der Waals surface area contributed by atoms with Crippen LogP contribution < -0.4 is 14.8 Å². The van der Waals surface area contributed by atoms with Crippen molar-refractivity contribution in [1.82, 2.24) is 20.6 Å². The van der Waals surface area contributed by atoms with Gasteiger partial charge in [-0.1, -0.05) is 5.21 Å². The number of anilines is 1. The number of nitro groups is 1. The van der Waals surface area contributed by atoms with E-state index in [-0.39, 0.29) is 23.2 Å². The number of nitro benzene ring substituents is 1. The van der Waals surface area contributed by atoms with Crippen LogP contribution in [0.5, 0.6) is 11.5 Å². The maximum Gasteiger partial charge on any atom is 0.296 e. The van der Waals surface area contributed by atoms with E-state index in [1.165, 1.54) is 26.4 Å². The summed E-state index contributed by atoms with van der Waals surface area (Å²) in [7, 11) is 2.87. The first-order chi connectivity index (χ1) is 10.1. The molecule has 0 saturated carbocycles. The van der Waals surface area contributed by atoms with E-state index in [2.05, 4.69) is 25.9 Å². The Kier molecular flexibility index (Phi) is 4.16. The van der Waals surface area contributed by atoms with Gasteiger partial charge in [-0.05, 0) is 6.92 Å². The molecule has 2 rings (SSSR count). The maximum absolute atomic E-state index is 11.2. The van der Waals surface area contributed by atoms with E-state index in [0.29, 0.717) is 11.6 Å². The maximum atomic E-state index is 11.2. The van der Waals surface area contributed by atoms with Crippen LogP contribution in [0, 0.1) is 10.1 Å². The highest BCUT2D eigenvalue weighted by Crippen LogP contribution is 2.38. The summed E-state index contributed by atoms with van der Waals surface area (Å²) in [6, 6.07) is 2.41. The number of aromatic nitrogens is 4. The van der Waals surface area contributed by atoms with E-state index < -0.39 is 4.92 Å². The second-order valence-electron chi connectivity index (χ2n) is 4.12. The summed E-state index contributed by atoms with van der Waals surface area (Å²) in [6.07, 6.45) is 0. The molecule has 0 bridgehead atoms. The van der Waals surface area contributed by atoms with Crippen LogP contribution in [0.3, 0.4) is 0 Å². The highest BCUT2D eigenvalue weighted by molar-refractivity contribution is 5.68. The van der Waals surface area contributed by atoms with Gasteiger partial charge in [-0.3, -0.25) is 10.1 Å². The molecule has 0 spiro atoms. The number of aromatic amines is 1. The summed E-state index contributed by atoms with van der Waals surface area (Å²) >= 11 is 0. The Morgan fingerprint density at radius 2 is 2.00 bits per heavy atom. The van der Waals surface area contributed by atoms with Gasteiger partial charge in [0.1, 0.15) is 5.69 Å². The summed E-state index contributed by atoms with van der Waals surface area (Å²) in [5.74, 6) is 1.05. The predicted molar refractivity (Wildman–Crippen MR) is 72.4 cm³/mol. The molecule has 21 heavy (non-hydrogen) atoms. The molecular formula is C11H14N6O4. The Morgan fingerprint density at radius 3 is 2.52 bits per heavy atom. The van der Waals surface area contributed by atoms with Gasteiger partial charge in [0.05, 0.1) is 31.3 Å². The van der Waals surface area contributed by atoms with Gasteiger partial charge in [0.2, 0.25) is 0 Å². The van der Waals surface area contributed by atoms with Crippen molar-refractivity contribution in [3.8, 4) is 11.5 Å². The van der Waals surface area contributed by atoms with Crippen LogP contribution >= 0.6 is 0 Å². The van der Waals surface area contributed by atoms with Crippen LogP contribution in [-0.4, -0.2) is 39.8 Å². The first-order valence-corrected chi connectivity index (χ1v) is 5.97. The third kappa shape index (κ3) is 2.99. The highest BCUT2D eigenvalue weighted by atomic mass is 16.6. The van der Waals surface area contributed by atoms with Crippen LogP contribution in [0.4, 0.5) is 11.4 Å². The lowest BCUT2D eigenvalue weighted by atomic mass is 10.2. The Balaban J connectivity index is 2.39. The van der Waals surface area contributed by atoms with E-state index >= 15 is 0 Å². The summed E-state index contributed by atoms with van der Waals surface area (Å²) in [4.78, 5) is 10.7. The van der Waals surface area contributed by atoms with Crippen LogP contribution in [0.2, 0.25) is 0 Å². The SMILES string of the molecule is COc1cc(NC(C)c2nn[nH]n2)c([N+](=O)[O-])cc1OC. The molecule has 0 saturated heterocycles. The number of nitrogens with one attached hydrogen (secondary N) is 2. The minimum atomic E-state index is -0.507. The molecule has 1 unspecified atom stereocenters. The van der Waals surface area contributed by atoms with Crippen molar-refractivity contribution in [2.75, 3.05) is 19.5 Å². The summed E-state index contributed by atoms with van der Waals surface area (Å²) in [5.41, 5.74) is 0.137. The summed E-state index contributed by atoms with van der Waals surface area (Å²) in [6.45, 7) is 1.76. The Labute approximate surface area is 119 Å². The average molecular weight is 294 g/mol. The van der Waals surface area contributed by atoms with E-state index in [4.69, 9.17) is 9.47 Å². The Bertz CT molecular complexity index is 630. The Hall–Kier alpha value is -2.91. The third-order valence-electron chi connectivity index (χ3n) is 2.82. The molecule has 0 radical (unpaired) electrons. The number of hydrogen-bond acceptors (Lipinski definition) is 8. The van der Waals surface area contributed by atoms with Crippen LogP contribution in [0.25, 0.3) is 0 Å². The summed E-state index contributed by atoms with van der Waals surface area (Å²) in [5, 5.41) is 27.6. The number of nitrogens with zero attached hydrogens (tertiary/aromatic N) is 4. The third-order valence-corrected chi connectivity index (χ3v) is 2.82. The van der Waals surface area contributed by atoms with Gasteiger partial charge in [-0.25, -0.2) is 0 Å². The van der Waals surface area contributed by atoms with E-state index in [9.17, 15) is 10.1 Å². The first-order valence-electron chi connectivity index (χ1n) is 5.97. The fraction of sp³-hybridized carbons (Fsp3) is 0.364. The average Bonchev–Trinajstić information content (AvgIpc) is 3.00. The van der Waals surface area contributed by atoms with Crippen molar-refractivity contribution in [1.29, 1.82) is 0 Å². The number of methoxy groups -OCH3 is 2. The minimum absolute atomic E-state index is 0.136. The van der Waals surface area contributed by atoms with Gasteiger partial charge < -0.3 is 14.8 Å². The fourth-order valence-electron chi connectivity index (χ4n) is 1.79. The van der Waals surface area contributed by atoms with Crippen molar-refractivity contribution in [3.05, 3.63) is 28.1 Å². The van der Waals surface area contributed by atoms with Gasteiger partial charge in [-0.2, -0.15) is 5.21 Å². The lowest BCUT2D eigenvalue weighted by molar-refractivity contribution is -0.384. The number of hydrogen-bond donors (Lipinski definition) is 2. The number of benzene rings is 1. The molecule has 0 aliphatic heterocycles. The van der Waals surface area contributed by atoms with Crippen molar-refractivity contribution >= 4 is 11.4 Å². The molecule has 10 heteroatoms. The van der Waals surface area contributed by atoms with Gasteiger partial charge in [0.15, 0.2) is 17.3 Å². The van der Waals surface area contributed by atoms with Crippen LogP contribution in [-0.2, 0) is 0 Å². The second-order valence-corrected chi connectivity index (χ2v) is 4.12. The quantitative estimate of drug-likeness (QED) is 0.602. The van der Waals surface area contributed by atoms with Crippen molar-refractivity contribution in [2.45, 2.75) is 13.0 Å². The number of ether oxygens (including phenoxy) is 2. The van der Waals surface area contributed by atoms with Crippen LogP contribution in [0.1, 0.15) is 18.8 Å². The minimum Gasteiger partial charge on any atom is -0.493 e. The zero-order chi connectivity index (χ0) is 15.4. The van der Waals surface area contributed by atoms with E-state index in [1.54, 1.807) is 6.92 Å². The monoisotopic (exact) mass is 294 g/mol. The lowest BCUT2D eigenvalue weighted by Gasteiger charge is -2.14. The van der Waals surface area contributed by atoms with Crippen LogP contribution in [0.15, 0.2) is 12.1 Å². The zero-order valence-corrected chi connectivity index (χ0v) is 11.7. The second kappa shape index (κ2) is 6.03. The van der Waals surface area contributed by atoms with Crippen molar-refractivity contribution < 1.29 is 14.4 Å². The van der Waals surface area contributed by atoms with E-state index in [1.807, 2.05) is 0 Å². The lowest BCUT2D eigenvalue weighted by Crippen LogP contribution is -2.10. The molecule has 0 amide bonds. The standard InChI is InChI=1S/C11H14N6O4/c1-6(11-13-15-16-14-11)12-7-4-9(20-2)10(21-3)5-8(7)17(18)19/h4-6,12H,1-3H3,(H,13,14,15,16). The molecule has 112 valence electrons. The molecule has 1 atom stereocenters. The molecule has 1 aromatic heterocycles. The van der Waals surface area contributed by atoms with E-state index in [0.717, 1.165) is 0 Å². The summed E-state index contributed by atoms with van der Waals surface area (Å²) < 4.78 is 10.2. The molecule has 0 fully saturated rings. The molecule has 2 N–H and O–H groups in total. The predicted octanol–water partition coefficient (Wildman–Crippen LogP) is 1.30. The van der Waals surface area contributed by atoms with Crippen molar-refractivity contribution in [2.24, 2.45) is 0 Å². The smallest absolute Gasteiger partial charge is 0.296 e. The number of H-pyrrole nitrogens is 1. The molecule has 0 aliphatic carbocycles. The fourth-order valence-corrected chi connectivity index (χ4v) is 1.79. The molecule has 0 aliphatic rings. The van der Waals surface area contributed by atoms with Gasteiger partial charge in [0.25, 0.3) is 5.69 Å². The highest BCUT2D eigenvalue weighted by Gasteiger charge is 2.22. The number of rotatable bonds is 6. The number of tetrazole rings is 1. The molecule has 1 heterocycles. The zero-order valence-electron chi connectivity index (χ0n) is 11.7.